The quantitative estimate of drug-likeness (QED) is 0.901. The molecule has 0 amide bonds. The average molecular weight is 268 g/mol. The number of nitrogens with zero attached hydrogens (tertiary/aromatic N) is 3. The van der Waals surface area contributed by atoms with Gasteiger partial charge in [-0.2, -0.15) is 10.2 Å². The number of hydrogen-bond donors (Lipinski definition) is 1. The van der Waals surface area contributed by atoms with Crippen LogP contribution in [-0.2, 0) is 0 Å². The summed E-state index contributed by atoms with van der Waals surface area (Å²) in [5.74, 6) is 1.72. The summed E-state index contributed by atoms with van der Waals surface area (Å²) in [5.41, 5.74) is 1.46. The van der Waals surface area contributed by atoms with Gasteiger partial charge >= 0.3 is 0 Å². The zero-order valence-corrected chi connectivity index (χ0v) is 11.6. The van der Waals surface area contributed by atoms with E-state index in [2.05, 4.69) is 28.3 Å². The van der Waals surface area contributed by atoms with Crippen LogP contribution in [0.4, 0.5) is 5.95 Å². The summed E-state index contributed by atoms with van der Waals surface area (Å²) in [6, 6.07) is 8.99. The molecule has 0 atom stereocenters. The molecule has 1 heterocycles. The summed E-state index contributed by atoms with van der Waals surface area (Å²) >= 11 is 0. The highest BCUT2D eigenvalue weighted by Crippen LogP contribution is 2.23. The van der Waals surface area contributed by atoms with Gasteiger partial charge in [-0.1, -0.05) is 6.92 Å². The van der Waals surface area contributed by atoms with Crippen molar-refractivity contribution < 1.29 is 4.74 Å². The molecule has 0 saturated carbocycles. The highest BCUT2D eigenvalue weighted by molar-refractivity contribution is 5.39. The highest BCUT2D eigenvalue weighted by Gasteiger charge is 2.06. The molecule has 1 aromatic carbocycles. The van der Waals surface area contributed by atoms with Gasteiger partial charge in [0.1, 0.15) is 5.75 Å². The normalized spacial score (nSPS) is 9.85. The summed E-state index contributed by atoms with van der Waals surface area (Å²) in [6.07, 6.45) is 2.73. The molecule has 102 valence electrons. The Hall–Kier alpha value is -2.61. The smallest absolute Gasteiger partial charge is 0.226 e. The first-order chi connectivity index (χ1) is 9.72. The maximum atomic E-state index is 8.76. The number of aryl methyl sites for hydroxylation is 1. The van der Waals surface area contributed by atoms with Crippen molar-refractivity contribution in [3.05, 3.63) is 41.6 Å². The molecule has 20 heavy (non-hydrogen) atoms. The predicted octanol–water partition coefficient (Wildman–Crippen LogP) is 3.27. The topological polar surface area (TPSA) is 70.8 Å². The van der Waals surface area contributed by atoms with E-state index in [4.69, 9.17) is 10.00 Å². The summed E-state index contributed by atoms with van der Waals surface area (Å²) in [6.45, 7) is 4.79. The molecule has 0 fully saturated rings. The molecule has 0 aliphatic heterocycles. The van der Waals surface area contributed by atoms with Gasteiger partial charge in [-0.05, 0) is 37.6 Å². The Morgan fingerprint density at radius 3 is 2.70 bits per heavy atom. The van der Waals surface area contributed by atoms with Gasteiger partial charge in [-0.25, -0.2) is 4.98 Å². The number of nitriles is 1. The Morgan fingerprint density at radius 2 is 2.05 bits per heavy atom. The molecule has 1 aromatic heterocycles. The molecule has 1 N–H and O–H groups in total. The summed E-state index contributed by atoms with van der Waals surface area (Å²) in [7, 11) is 0. The van der Waals surface area contributed by atoms with Crippen LogP contribution >= 0.6 is 0 Å². The van der Waals surface area contributed by atoms with Crippen LogP contribution in [0, 0.1) is 18.3 Å². The van der Waals surface area contributed by atoms with Crippen LogP contribution in [0.25, 0.3) is 0 Å². The predicted molar refractivity (Wildman–Crippen MR) is 76.8 cm³/mol. The lowest BCUT2D eigenvalue weighted by Gasteiger charge is -2.09. The molecule has 0 unspecified atom stereocenters. The second kappa shape index (κ2) is 6.53. The van der Waals surface area contributed by atoms with Crippen molar-refractivity contribution in [1.82, 2.24) is 9.97 Å². The Labute approximate surface area is 118 Å². The van der Waals surface area contributed by atoms with Crippen LogP contribution in [0.15, 0.2) is 30.5 Å². The zero-order valence-electron chi connectivity index (χ0n) is 11.6. The second-order valence-corrected chi connectivity index (χ2v) is 4.35. The van der Waals surface area contributed by atoms with E-state index < -0.39 is 0 Å². The molecular formula is C15H16N4O. The highest BCUT2D eigenvalue weighted by atomic mass is 16.5. The molecule has 0 radical (unpaired) electrons. The summed E-state index contributed by atoms with van der Waals surface area (Å²) in [4.78, 5) is 8.54. The SMILES string of the molecule is CCCNc1ncc(C)c(Oc2ccc(C#N)cc2)n1. The molecule has 2 rings (SSSR count). The third-order valence-corrected chi connectivity index (χ3v) is 2.66. The number of hydrogen-bond acceptors (Lipinski definition) is 5. The van der Waals surface area contributed by atoms with E-state index >= 15 is 0 Å². The largest absolute Gasteiger partial charge is 0.439 e. The van der Waals surface area contributed by atoms with E-state index in [9.17, 15) is 0 Å². The van der Waals surface area contributed by atoms with Crippen molar-refractivity contribution in [2.45, 2.75) is 20.3 Å². The van der Waals surface area contributed by atoms with Gasteiger partial charge in [0.05, 0.1) is 11.6 Å². The third kappa shape index (κ3) is 3.45. The Bertz CT molecular complexity index is 617. The van der Waals surface area contributed by atoms with Gasteiger partial charge < -0.3 is 10.1 Å². The number of rotatable bonds is 5. The van der Waals surface area contributed by atoms with E-state index in [1.807, 2.05) is 6.92 Å². The molecule has 0 saturated heterocycles. The van der Waals surface area contributed by atoms with Crippen molar-refractivity contribution >= 4 is 5.95 Å². The average Bonchev–Trinajstić information content (AvgIpc) is 2.49. The Balaban J connectivity index is 2.16. The van der Waals surface area contributed by atoms with E-state index in [-0.39, 0.29) is 0 Å². The number of ether oxygens (including phenoxy) is 1. The van der Waals surface area contributed by atoms with Crippen LogP contribution in [0.1, 0.15) is 24.5 Å². The standard InChI is InChI=1S/C15H16N4O/c1-3-8-17-15-18-10-11(2)14(19-15)20-13-6-4-12(9-16)5-7-13/h4-7,10H,3,8H2,1-2H3,(H,17,18,19). The zero-order chi connectivity index (χ0) is 14.4. The summed E-state index contributed by atoms with van der Waals surface area (Å²) in [5, 5.41) is 11.9. The minimum atomic E-state index is 0.517. The van der Waals surface area contributed by atoms with Crippen molar-refractivity contribution in [2.75, 3.05) is 11.9 Å². The Morgan fingerprint density at radius 1 is 1.30 bits per heavy atom. The number of anilines is 1. The molecule has 0 aliphatic carbocycles. The fourth-order valence-electron chi connectivity index (χ4n) is 1.56. The number of benzene rings is 1. The van der Waals surface area contributed by atoms with Crippen LogP contribution in [0.5, 0.6) is 11.6 Å². The molecular weight excluding hydrogens is 252 g/mol. The maximum Gasteiger partial charge on any atom is 0.226 e. The van der Waals surface area contributed by atoms with Crippen molar-refractivity contribution in [3.63, 3.8) is 0 Å². The molecule has 0 bridgehead atoms. The van der Waals surface area contributed by atoms with Gasteiger partial charge in [-0.3, -0.25) is 0 Å². The molecule has 2 aromatic rings. The van der Waals surface area contributed by atoms with Crippen LogP contribution in [-0.4, -0.2) is 16.5 Å². The lowest BCUT2D eigenvalue weighted by molar-refractivity contribution is 0.458. The van der Waals surface area contributed by atoms with Gasteiger partial charge in [0, 0.05) is 18.3 Å². The van der Waals surface area contributed by atoms with Crippen LogP contribution in [0.3, 0.4) is 0 Å². The molecule has 5 nitrogen and oxygen atoms in total. The number of nitrogens with one attached hydrogen (secondary N) is 1. The van der Waals surface area contributed by atoms with E-state index in [1.165, 1.54) is 0 Å². The van der Waals surface area contributed by atoms with Gasteiger partial charge in [0.15, 0.2) is 0 Å². The van der Waals surface area contributed by atoms with E-state index in [0.29, 0.717) is 23.1 Å². The second-order valence-electron chi connectivity index (χ2n) is 4.35. The molecule has 0 aliphatic rings. The van der Waals surface area contributed by atoms with E-state index in [0.717, 1.165) is 18.5 Å². The van der Waals surface area contributed by atoms with Crippen molar-refractivity contribution in [2.24, 2.45) is 0 Å². The lowest BCUT2D eigenvalue weighted by atomic mass is 10.2. The Kier molecular flexibility index (Phi) is 4.51. The molecule has 5 heteroatoms. The summed E-state index contributed by atoms with van der Waals surface area (Å²) < 4.78 is 5.73. The fourth-order valence-corrected chi connectivity index (χ4v) is 1.56. The van der Waals surface area contributed by atoms with Gasteiger partial charge in [0.2, 0.25) is 11.8 Å². The lowest BCUT2D eigenvalue weighted by Crippen LogP contribution is -2.05. The third-order valence-electron chi connectivity index (χ3n) is 2.66. The van der Waals surface area contributed by atoms with E-state index in [1.54, 1.807) is 30.5 Å². The minimum absolute atomic E-state index is 0.517. The first-order valence-corrected chi connectivity index (χ1v) is 6.48. The minimum Gasteiger partial charge on any atom is -0.439 e. The van der Waals surface area contributed by atoms with Crippen LogP contribution in [0.2, 0.25) is 0 Å². The first kappa shape index (κ1) is 13.8. The van der Waals surface area contributed by atoms with Crippen LogP contribution < -0.4 is 10.1 Å². The van der Waals surface area contributed by atoms with Gasteiger partial charge in [0.25, 0.3) is 0 Å². The maximum absolute atomic E-state index is 8.76. The monoisotopic (exact) mass is 268 g/mol. The molecule has 0 spiro atoms. The van der Waals surface area contributed by atoms with Crippen molar-refractivity contribution in [1.29, 1.82) is 5.26 Å². The number of aromatic nitrogens is 2. The first-order valence-electron chi connectivity index (χ1n) is 6.48. The fraction of sp³-hybridized carbons (Fsp3) is 0.267. The van der Waals surface area contributed by atoms with Crippen molar-refractivity contribution in [3.8, 4) is 17.7 Å². The van der Waals surface area contributed by atoms with Gasteiger partial charge in [-0.15, -0.1) is 0 Å².